The molecule has 1 rings (SSSR count). The minimum absolute atomic E-state index is 0.156. The van der Waals surface area contributed by atoms with E-state index in [0.29, 0.717) is 17.8 Å². The van der Waals surface area contributed by atoms with Crippen LogP contribution in [-0.4, -0.2) is 47.3 Å². The molecule has 0 aromatic heterocycles. The average Bonchev–Trinajstić information content (AvgIpc) is 2.58. The third-order valence-corrected chi connectivity index (χ3v) is 3.82. The Hall–Kier alpha value is -2.14. The Morgan fingerprint density at radius 2 is 1.26 bits per heavy atom. The van der Waals surface area contributed by atoms with Crippen LogP contribution in [0, 0.1) is 19.3 Å². The van der Waals surface area contributed by atoms with Crippen molar-refractivity contribution in [1.29, 1.82) is 0 Å². The molecule has 0 saturated heterocycles. The van der Waals surface area contributed by atoms with E-state index >= 15 is 0 Å². The number of aliphatic hydroxyl groups excluding tert-OH is 3. The molecule has 0 spiro atoms. The van der Waals surface area contributed by atoms with E-state index in [2.05, 4.69) is 9.98 Å². The molecule has 1 aromatic carbocycles. The molecule has 0 bridgehead atoms. The lowest BCUT2D eigenvalue weighted by atomic mass is 9.88. The number of hydrogen-bond acceptors (Lipinski definition) is 7. The van der Waals surface area contributed by atoms with Gasteiger partial charge in [-0.3, -0.25) is 0 Å². The average molecular weight is 322 g/mol. The first-order valence-corrected chi connectivity index (χ1v) is 7.03. The van der Waals surface area contributed by atoms with Crippen molar-refractivity contribution in [2.75, 3.05) is 19.8 Å². The SMILES string of the molecule is CCC(CO)(CO)CO.Cc1c(N=C=O)ccc(N=C=O)c1C. The Balaban J connectivity index is 0.000000468. The predicted octanol–water partition coefficient (Wildman–Crippen LogP) is 1.60. The first kappa shape index (κ1) is 20.9. The van der Waals surface area contributed by atoms with Gasteiger partial charge >= 0.3 is 0 Å². The molecule has 7 heteroatoms. The van der Waals surface area contributed by atoms with Gasteiger partial charge in [-0.2, -0.15) is 9.98 Å². The fourth-order valence-electron chi connectivity index (χ4n) is 1.62. The Labute approximate surface area is 135 Å². The van der Waals surface area contributed by atoms with Crippen molar-refractivity contribution in [1.82, 2.24) is 0 Å². The Morgan fingerprint density at radius 3 is 1.43 bits per heavy atom. The number of aliphatic hydroxyl groups is 3. The third-order valence-electron chi connectivity index (χ3n) is 3.82. The van der Waals surface area contributed by atoms with Crippen molar-refractivity contribution >= 4 is 23.5 Å². The van der Waals surface area contributed by atoms with E-state index in [1.165, 1.54) is 12.2 Å². The van der Waals surface area contributed by atoms with E-state index in [-0.39, 0.29) is 19.8 Å². The second-order valence-corrected chi connectivity index (χ2v) is 5.09. The van der Waals surface area contributed by atoms with Crippen LogP contribution >= 0.6 is 0 Å². The van der Waals surface area contributed by atoms with Crippen LogP contribution in [0.15, 0.2) is 22.1 Å². The van der Waals surface area contributed by atoms with Crippen molar-refractivity contribution in [2.45, 2.75) is 27.2 Å². The van der Waals surface area contributed by atoms with Crippen LogP contribution in [0.5, 0.6) is 0 Å². The van der Waals surface area contributed by atoms with Crippen molar-refractivity contribution in [3.8, 4) is 0 Å². The topological polar surface area (TPSA) is 120 Å². The monoisotopic (exact) mass is 322 g/mol. The van der Waals surface area contributed by atoms with Gasteiger partial charge in [-0.1, -0.05) is 6.92 Å². The summed E-state index contributed by atoms with van der Waals surface area (Å²) in [5.41, 5.74) is 2.04. The van der Waals surface area contributed by atoms with Gasteiger partial charge in [-0.15, -0.1) is 0 Å². The zero-order valence-electron chi connectivity index (χ0n) is 13.5. The molecule has 0 amide bonds. The highest BCUT2D eigenvalue weighted by molar-refractivity contribution is 5.64. The van der Waals surface area contributed by atoms with E-state index in [4.69, 9.17) is 15.3 Å². The third kappa shape index (κ3) is 5.87. The van der Waals surface area contributed by atoms with Gasteiger partial charge in [-0.05, 0) is 43.5 Å². The van der Waals surface area contributed by atoms with Crippen molar-refractivity contribution in [3.63, 3.8) is 0 Å². The Morgan fingerprint density at radius 1 is 0.913 bits per heavy atom. The molecule has 0 aliphatic carbocycles. The van der Waals surface area contributed by atoms with Crippen LogP contribution < -0.4 is 0 Å². The molecule has 0 saturated carbocycles. The Bertz CT molecular complexity index is 538. The highest BCUT2D eigenvalue weighted by Gasteiger charge is 2.24. The summed E-state index contributed by atoms with van der Waals surface area (Å²) in [5, 5.41) is 26.0. The summed E-state index contributed by atoms with van der Waals surface area (Å²) in [6, 6.07) is 3.23. The molecule has 0 heterocycles. The summed E-state index contributed by atoms with van der Waals surface area (Å²) < 4.78 is 0. The lowest BCUT2D eigenvalue weighted by molar-refractivity contribution is 0.00304. The lowest BCUT2D eigenvalue weighted by Crippen LogP contribution is -2.32. The van der Waals surface area contributed by atoms with Crippen molar-refractivity contribution in [3.05, 3.63) is 23.3 Å². The maximum Gasteiger partial charge on any atom is 0.240 e. The van der Waals surface area contributed by atoms with Gasteiger partial charge < -0.3 is 15.3 Å². The van der Waals surface area contributed by atoms with Crippen LogP contribution in [0.1, 0.15) is 24.5 Å². The van der Waals surface area contributed by atoms with Gasteiger partial charge in [0.15, 0.2) is 0 Å². The van der Waals surface area contributed by atoms with Crippen LogP contribution in [0.3, 0.4) is 0 Å². The van der Waals surface area contributed by atoms with Gasteiger partial charge in [0.25, 0.3) is 0 Å². The van der Waals surface area contributed by atoms with E-state index in [1.807, 2.05) is 6.92 Å². The van der Waals surface area contributed by atoms with Crippen LogP contribution in [-0.2, 0) is 9.59 Å². The Kier molecular flexibility index (Phi) is 9.58. The smallest absolute Gasteiger partial charge is 0.240 e. The largest absolute Gasteiger partial charge is 0.396 e. The summed E-state index contributed by atoms with van der Waals surface area (Å²) in [4.78, 5) is 27.2. The lowest BCUT2D eigenvalue weighted by Gasteiger charge is -2.24. The summed E-state index contributed by atoms with van der Waals surface area (Å²) in [6.45, 7) is 4.96. The number of aliphatic imine (C=N–C) groups is 2. The molecule has 0 aliphatic rings. The zero-order valence-corrected chi connectivity index (χ0v) is 13.5. The fraction of sp³-hybridized carbons (Fsp3) is 0.500. The molecule has 23 heavy (non-hydrogen) atoms. The number of rotatable bonds is 6. The molecule has 0 unspecified atom stereocenters. The van der Waals surface area contributed by atoms with Crippen molar-refractivity contribution in [2.24, 2.45) is 15.4 Å². The number of hydrogen-bond donors (Lipinski definition) is 3. The molecule has 3 N–H and O–H groups in total. The van der Waals surface area contributed by atoms with Gasteiger partial charge in [0, 0.05) is 5.41 Å². The predicted molar refractivity (Wildman–Crippen MR) is 85.5 cm³/mol. The molecule has 7 nitrogen and oxygen atoms in total. The van der Waals surface area contributed by atoms with Crippen LogP contribution in [0.25, 0.3) is 0 Å². The standard InChI is InChI=1S/C10H8N2O2.C6H14O3/c1-7-8(2)10(12-6-14)4-3-9(7)11-5-13;1-2-6(3-7,4-8)5-9/h3-4H,1-2H3;7-9H,2-5H2,1H3. The van der Waals surface area contributed by atoms with E-state index in [9.17, 15) is 9.59 Å². The van der Waals surface area contributed by atoms with Crippen LogP contribution in [0.4, 0.5) is 11.4 Å². The van der Waals surface area contributed by atoms with Gasteiger partial charge in [0.1, 0.15) is 0 Å². The maximum atomic E-state index is 10.1. The quantitative estimate of drug-likeness (QED) is 0.543. The molecular formula is C16H22N2O5. The minimum Gasteiger partial charge on any atom is -0.396 e. The molecule has 0 fully saturated rings. The fourth-order valence-corrected chi connectivity index (χ4v) is 1.62. The maximum absolute atomic E-state index is 10.1. The van der Waals surface area contributed by atoms with Gasteiger partial charge in [0.2, 0.25) is 12.2 Å². The molecule has 1 aromatic rings. The van der Waals surface area contributed by atoms with E-state index in [1.54, 1.807) is 26.0 Å². The first-order chi connectivity index (χ1) is 10.9. The summed E-state index contributed by atoms with van der Waals surface area (Å²) in [6.07, 6.45) is 3.53. The molecule has 0 atom stereocenters. The van der Waals surface area contributed by atoms with Crippen molar-refractivity contribution < 1.29 is 24.9 Å². The van der Waals surface area contributed by atoms with Crippen LogP contribution in [0.2, 0.25) is 0 Å². The minimum atomic E-state index is -0.667. The summed E-state index contributed by atoms with van der Waals surface area (Å²) in [7, 11) is 0. The van der Waals surface area contributed by atoms with Gasteiger partial charge in [-0.25, -0.2) is 9.59 Å². The number of benzene rings is 1. The number of nitrogens with zero attached hydrogens (tertiary/aromatic N) is 2. The summed E-state index contributed by atoms with van der Waals surface area (Å²) in [5.74, 6) is 0. The second kappa shape index (κ2) is 10.6. The van der Waals surface area contributed by atoms with Gasteiger partial charge in [0.05, 0.1) is 31.2 Å². The zero-order chi connectivity index (χ0) is 17.9. The van der Waals surface area contributed by atoms with E-state index < -0.39 is 5.41 Å². The highest BCUT2D eigenvalue weighted by Crippen LogP contribution is 2.28. The first-order valence-electron chi connectivity index (χ1n) is 7.03. The highest BCUT2D eigenvalue weighted by atomic mass is 16.3. The molecule has 0 aliphatic heterocycles. The number of isocyanates is 2. The van der Waals surface area contributed by atoms with E-state index in [0.717, 1.165) is 11.1 Å². The second-order valence-electron chi connectivity index (χ2n) is 5.09. The molecule has 0 radical (unpaired) electrons. The summed E-state index contributed by atoms with van der Waals surface area (Å²) >= 11 is 0. The molecule has 126 valence electrons. The molecular weight excluding hydrogens is 300 g/mol. The number of carbonyl (C=O) groups excluding carboxylic acids is 2. The normalized spacial score (nSPS) is 10.0.